The molecule has 0 unspecified atom stereocenters. The van der Waals surface area contributed by atoms with Gasteiger partial charge in [-0.05, 0) is 43.3 Å². The zero-order valence-corrected chi connectivity index (χ0v) is 12.5. The molecule has 0 saturated carbocycles. The van der Waals surface area contributed by atoms with Gasteiger partial charge in [0.2, 0.25) is 0 Å². The molecule has 0 aliphatic rings. The molecule has 5 heteroatoms. The molecule has 0 saturated heterocycles. The van der Waals surface area contributed by atoms with E-state index in [0.717, 1.165) is 0 Å². The van der Waals surface area contributed by atoms with Crippen molar-refractivity contribution < 1.29 is 14.3 Å². The molecule has 0 bridgehead atoms. The van der Waals surface area contributed by atoms with Gasteiger partial charge >= 0.3 is 0 Å². The van der Waals surface area contributed by atoms with Gasteiger partial charge in [-0.15, -0.1) is 0 Å². The molecule has 0 aliphatic carbocycles. The predicted octanol–water partition coefficient (Wildman–Crippen LogP) is 2.94. The number of anilines is 2. The van der Waals surface area contributed by atoms with Crippen LogP contribution < -0.4 is 15.8 Å². The fourth-order valence-corrected chi connectivity index (χ4v) is 1.90. The van der Waals surface area contributed by atoms with Crippen LogP contribution in [0.3, 0.4) is 0 Å². The minimum absolute atomic E-state index is 0.225. The number of para-hydroxylation sites is 1. The van der Waals surface area contributed by atoms with Crippen LogP contribution in [-0.2, 0) is 4.74 Å². The van der Waals surface area contributed by atoms with E-state index in [4.69, 9.17) is 15.2 Å². The van der Waals surface area contributed by atoms with Crippen molar-refractivity contribution in [3.8, 4) is 5.75 Å². The second-order valence-corrected chi connectivity index (χ2v) is 4.62. The SMILES string of the molecule is CCOCCOc1ccccc1C(=O)Nc1ccc(N)cc1. The second kappa shape index (κ2) is 8.05. The molecule has 0 atom stereocenters. The van der Waals surface area contributed by atoms with Gasteiger partial charge < -0.3 is 20.5 Å². The van der Waals surface area contributed by atoms with Gasteiger partial charge in [0.15, 0.2) is 0 Å². The standard InChI is InChI=1S/C17H20N2O3/c1-2-21-11-12-22-16-6-4-3-5-15(16)17(20)19-14-9-7-13(18)8-10-14/h3-10H,2,11-12,18H2,1H3,(H,19,20). The highest BCUT2D eigenvalue weighted by Crippen LogP contribution is 2.20. The van der Waals surface area contributed by atoms with Gasteiger partial charge in [0.25, 0.3) is 5.91 Å². The molecule has 1 amide bonds. The third kappa shape index (κ3) is 4.49. The van der Waals surface area contributed by atoms with Crippen LogP contribution in [0.5, 0.6) is 5.75 Å². The van der Waals surface area contributed by atoms with Crippen molar-refractivity contribution in [3.63, 3.8) is 0 Å². The first-order chi connectivity index (χ1) is 10.7. The molecule has 3 N–H and O–H groups in total. The van der Waals surface area contributed by atoms with Crippen LogP contribution in [0.2, 0.25) is 0 Å². The van der Waals surface area contributed by atoms with E-state index < -0.39 is 0 Å². The lowest BCUT2D eigenvalue weighted by Gasteiger charge is -2.12. The number of nitrogen functional groups attached to an aromatic ring is 1. The third-order valence-electron chi connectivity index (χ3n) is 2.99. The molecular formula is C17H20N2O3. The van der Waals surface area contributed by atoms with E-state index >= 15 is 0 Å². The van der Waals surface area contributed by atoms with Crippen LogP contribution in [0.15, 0.2) is 48.5 Å². The quantitative estimate of drug-likeness (QED) is 0.609. The second-order valence-electron chi connectivity index (χ2n) is 4.62. The van der Waals surface area contributed by atoms with Crippen LogP contribution in [-0.4, -0.2) is 25.7 Å². The lowest BCUT2D eigenvalue weighted by molar-refractivity contribution is 0.0998. The minimum atomic E-state index is -0.225. The lowest BCUT2D eigenvalue weighted by atomic mass is 10.2. The number of carbonyl (C=O) groups excluding carboxylic acids is 1. The number of hydrogen-bond donors (Lipinski definition) is 2. The molecule has 116 valence electrons. The molecule has 0 fully saturated rings. The van der Waals surface area contributed by atoms with Crippen LogP contribution in [0.1, 0.15) is 17.3 Å². The van der Waals surface area contributed by atoms with Crippen LogP contribution in [0.25, 0.3) is 0 Å². The van der Waals surface area contributed by atoms with Crippen molar-refractivity contribution in [1.82, 2.24) is 0 Å². The summed E-state index contributed by atoms with van der Waals surface area (Å²) in [5.74, 6) is 0.312. The van der Waals surface area contributed by atoms with E-state index in [2.05, 4.69) is 5.32 Å². The highest BCUT2D eigenvalue weighted by atomic mass is 16.5. The van der Waals surface area contributed by atoms with Gasteiger partial charge in [0, 0.05) is 18.0 Å². The van der Waals surface area contributed by atoms with E-state index in [1.165, 1.54) is 0 Å². The highest BCUT2D eigenvalue weighted by Gasteiger charge is 2.12. The summed E-state index contributed by atoms with van der Waals surface area (Å²) in [4.78, 5) is 12.4. The number of hydrogen-bond acceptors (Lipinski definition) is 4. The maximum Gasteiger partial charge on any atom is 0.259 e. The normalized spacial score (nSPS) is 10.2. The van der Waals surface area contributed by atoms with Crippen LogP contribution >= 0.6 is 0 Å². The van der Waals surface area contributed by atoms with Gasteiger partial charge in [-0.3, -0.25) is 4.79 Å². The first-order valence-corrected chi connectivity index (χ1v) is 7.17. The molecule has 2 aromatic rings. The average molecular weight is 300 g/mol. The molecule has 5 nitrogen and oxygen atoms in total. The fraction of sp³-hybridized carbons (Fsp3) is 0.235. The van der Waals surface area contributed by atoms with Gasteiger partial charge in [-0.25, -0.2) is 0 Å². The maximum absolute atomic E-state index is 12.4. The number of amides is 1. The Morgan fingerprint density at radius 1 is 1.09 bits per heavy atom. The van der Waals surface area contributed by atoms with E-state index in [0.29, 0.717) is 42.5 Å². The third-order valence-corrected chi connectivity index (χ3v) is 2.99. The Bertz CT molecular complexity index is 612. The summed E-state index contributed by atoms with van der Waals surface area (Å²) in [6.07, 6.45) is 0. The Balaban J connectivity index is 2.03. The summed E-state index contributed by atoms with van der Waals surface area (Å²) in [7, 11) is 0. The van der Waals surface area contributed by atoms with Crippen molar-refractivity contribution >= 4 is 17.3 Å². The fourth-order valence-electron chi connectivity index (χ4n) is 1.90. The zero-order chi connectivity index (χ0) is 15.8. The van der Waals surface area contributed by atoms with Crippen LogP contribution in [0.4, 0.5) is 11.4 Å². The summed E-state index contributed by atoms with van der Waals surface area (Å²) in [6, 6.07) is 14.1. The van der Waals surface area contributed by atoms with E-state index in [1.807, 2.05) is 13.0 Å². The number of ether oxygens (including phenoxy) is 2. The summed E-state index contributed by atoms with van der Waals surface area (Å²) in [5.41, 5.74) is 7.44. The Kier molecular flexibility index (Phi) is 5.80. The van der Waals surface area contributed by atoms with Crippen LogP contribution in [0, 0.1) is 0 Å². The Hall–Kier alpha value is -2.53. The van der Waals surface area contributed by atoms with Gasteiger partial charge in [-0.1, -0.05) is 12.1 Å². The molecular weight excluding hydrogens is 280 g/mol. The molecule has 0 spiro atoms. The smallest absolute Gasteiger partial charge is 0.259 e. The summed E-state index contributed by atoms with van der Waals surface area (Å²) < 4.78 is 10.8. The molecule has 0 radical (unpaired) electrons. The highest BCUT2D eigenvalue weighted by molar-refractivity contribution is 6.06. The monoisotopic (exact) mass is 300 g/mol. The Morgan fingerprint density at radius 2 is 1.82 bits per heavy atom. The minimum Gasteiger partial charge on any atom is -0.490 e. The number of nitrogens with two attached hydrogens (primary N) is 1. The zero-order valence-electron chi connectivity index (χ0n) is 12.5. The van der Waals surface area contributed by atoms with Gasteiger partial charge in [0.1, 0.15) is 12.4 Å². The number of carbonyl (C=O) groups is 1. The first kappa shape index (κ1) is 15.9. The number of benzene rings is 2. The molecule has 2 aromatic carbocycles. The van der Waals surface area contributed by atoms with E-state index in [1.54, 1.807) is 42.5 Å². The van der Waals surface area contributed by atoms with Gasteiger partial charge in [0.05, 0.1) is 12.2 Å². The maximum atomic E-state index is 12.4. The number of rotatable bonds is 7. The topological polar surface area (TPSA) is 73.6 Å². The number of nitrogens with one attached hydrogen (secondary N) is 1. The van der Waals surface area contributed by atoms with E-state index in [-0.39, 0.29) is 5.91 Å². The van der Waals surface area contributed by atoms with Crippen molar-refractivity contribution in [2.75, 3.05) is 30.9 Å². The Morgan fingerprint density at radius 3 is 2.55 bits per heavy atom. The largest absolute Gasteiger partial charge is 0.490 e. The van der Waals surface area contributed by atoms with Crippen molar-refractivity contribution in [3.05, 3.63) is 54.1 Å². The molecule has 0 aliphatic heterocycles. The summed E-state index contributed by atoms with van der Waals surface area (Å²) in [6.45, 7) is 3.46. The molecule has 2 rings (SSSR count). The summed E-state index contributed by atoms with van der Waals surface area (Å²) >= 11 is 0. The van der Waals surface area contributed by atoms with Crippen molar-refractivity contribution in [2.24, 2.45) is 0 Å². The predicted molar refractivity (Wildman–Crippen MR) is 87.2 cm³/mol. The van der Waals surface area contributed by atoms with Crippen molar-refractivity contribution in [1.29, 1.82) is 0 Å². The van der Waals surface area contributed by atoms with E-state index in [9.17, 15) is 4.79 Å². The lowest BCUT2D eigenvalue weighted by Crippen LogP contribution is -2.15. The Labute approximate surface area is 130 Å². The molecule has 0 heterocycles. The molecule has 0 aromatic heterocycles. The molecule has 22 heavy (non-hydrogen) atoms. The van der Waals surface area contributed by atoms with Gasteiger partial charge in [-0.2, -0.15) is 0 Å². The average Bonchev–Trinajstić information content (AvgIpc) is 2.54. The summed E-state index contributed by atoms with van der Waals surface area (Å²) in [5, 5.41) is 2.82. The van der Waals surface area contributed by atoms with Crippen molar-refractivity contribution in [2.45, 2.75) is 6.92 Å². The first-order valence-electron chi connectivity index (χ1n) is 7.17.